The molecule has 2 rings (SSSR count). The van der Waals surface area contributed by atoms with Crippen molar-refractivity contribution in [1.82, 2.24) is 9.97 Å². The molecule has 2 aromatic rings. The molecule has 0 amide bonds. The summed E-state index contributed by atoms with van der Waals surface area (Å²) in [5, 5.41) is 0. The van der Waals surface area contributed by atoms with Crippen molar-refractivity contribution in [3.63, 3.8) is 0 Å². The number of hydrogen-bond donors (Lipinski definition) is 1. The number of nitrogens with zero attached hydrogens (tertiary/aromatic N) is 2. The zero-order chi connectivity index (χ0) is 12.3. The van der Waals surface area contributed by atoms with Crippen molar-refractivity contribution < 1.29 is 4.74 Å². The minimum Gasteiger partial charge on any atom is -0.424 e. The van der Waals surface area contributed by atoms with Crippen molar-refractivity contribution in [3.8, 4) is 11.8 Å². The van der Waals surface area contributed by atoms with Gasteiger partial charge >= 0.3 is 6.01 Å². The molecular formula is C12H12BrN3O. The minimum absolute atomic E-state index is 0.323. The van der Waals surface area contributed by atoms with Gasteiger partial charge in [-0.25, -0.2) is 9.97 Å². The Balaban J connectivity index is 2.16. The molecule has 0 spiro atoms. The van der Waals surface area contributed by atoms with E-state index in [1.165, 1.54) is 0 Å². The van der Waals surface area contributed by atoms with E-state index in [1.54, 1.807) is 12.4 Å². The van der Waals surface area contributed by atoms with Crippen LogP contribution in [0.25, 0.3) is 0 Å². The smallest absolute Gasteiger partial charge is 0.321 e. The fraction of sp³-hybridized carbons (Fsp3) is 0.167. The van der Waals surface area contributed by atoms with E-state index in [0.717, 1.165) is 15.6 Å². The molecule has 5 heteroatoms. The summed E-state index contributed by atoms with van der Waals surface area (Å²) >= 11 is 3.43. The Morgan fingerprint density at radius 1 is 1.29 bits per heavy atom. The molecule has 0 aliphatic heterocycles. The molecule has 0 bridgehead atoms. The van der Waals surface area contributed by atoms with Gasteiger partial charge in [-0.15, -0.1) is 0 Å². The lowest BCUT2D eigenvalue weighted by molar-refractivity contribution is 0.440. The van der Waals surface area contributed by atoms with E-state index in [-0.39, 0.29) is 0 Å². The van der Waals surface area contributed by atoms with Crippen LogP contribution in [0.15, 0.2) is 35.1 Å². The molecule has 88 valence electrons. The molecule has 1 heterocycles. The highest BCUT2D eigenvalue weighted by Gasteiger charge is 2.02. The fourth-order valence-corrected chi connectivity index (χ4v) is 1.53. The first-order valence-corrected chi connectivity index (χ1v) is 5.93. The maximum atomic E-state index is 5.53. The number of benzene rings is 1. The number of aryl methyl sites for hydroxylation is 1. The Kier molecular flexibility index (Phi) is 3.71. The monoisotopic (exact) mass is 293 g/mol. The van der Waals surface area contributed by atoms with Crippen LogP contribution < -0.4 is 10.5 Å². The molecule has 0 unspecified atom stereocenters. The third-order valence-electron chi connectivity index (χ3n) is 2.26. The van der Waals surface area contributed by atoms with Crippen molar-refractivity contribution in [2.45, 2.75) is 13.5 Å². The minimum atomic E-state index is 0.323. The number of rotatable bonds is 3. The van der Waals surface area contributed by atoms with Crippen LogP contribution in [0.2, 0.25) is 0 Å². The Morgan fingerprint density at radius 2 is 2.00 bits per heavy atom. The molecule has 1 aromatic heterocycles. The molecule has 17 heavy (non-hydrogen) atoms. The second-order valence-corrected chi connectivity index (χ2v) is 4.45. The lowest BCUT2D eigenvalue weighted by atomic mass is 10.2. The Hall–Kier alpha value is -1.46. The molecule has 0 aliphatic carbocycles. The number of nitrogens with two attached hydrogens (primary N) is 1. The lowest BCUT2D eigenvalue weighted by Crippen LogP contribution is -1.99. The van der Waals surface area contributed by atoms with Crippen LogP contribution in [0.1, 0.15) is 11.1 Å². The van der Waals surface area contributed by atoms with Crippen molar-refractivity contribution in [2.75, 3.05) is 0 Å². The molecular weight excluding hydrogens is 282 g/mol. The standard InChI is InChI=1S/C12H12BrN3O/c1-8-4-10(2-3-11(8)13)17-12-15-6-9(5-14)7-16-12/h2-4,6-7H,5,14H2,1H3. The fourth-order valence-electron chi connectivity index (χ4n) is 1.29. The predicted octanol–water partition coefficient (Wildman–Crippen LogP) is 2.80. The van der Waals surface area contributed by atoms with E-state index in [0.29, 0.717) is 18.3 Å². The maximum absolute atomic E-state index is 5.53. The van der Waals surface area contributed by atoms with E-state index in [4.69, 9.17) is 10.5 Å². The van der Waals surface area contributed by atoms with Gasteiger partial charge in [-0.3, -0.25) is 0 Å². The van der Waals surface area contributed by atoms with E-state index in [2.05, 4.69) is 25.9 Å². The molecule has 2 N–H and O–H groups in total. The lowest BCUT2D eigenvalue weighted by Gasteiger charge is -2.05. The first-order valence-electron chi connectivity index (χ1n) is 5.14. The summed E-state index contributed by atoms with van der Waals surface area (Å²) in [5.74, 6) is 0.714. The van der Waals surface area contributed by atoms with Gasteiger partial charge in [0.1, 0.15) is 5.75 Å². The largest absolute Gasteiger partial charge is 0.424 e. The summed E-state index contributed by atoms with van der Waals surface area (Å²) in [4.78, 5) is 8.14. The van der Waals surface area contributed by atoms with Crippen molar-refractivity contribution in [3.05, 3.63) is 46.2 Å². The van der Waals surface area contributed by atoms with Gasteiger partial charge < -0.3 is 10.5 Å². The molecule has 0 aliphatic rings. The van der Waals surface area contributed by atoms with Crippen molar-refractivity contribution in [1.29, 1.82) is 0 Å². The van der Waals surface area contributed by atoms with Crippen LogP contribution in [-0.4, -0.2) is 9.97 Å². The van der Waals surface area contributed by atoms with E-state index in [1.807, 2.05) is 25.1 Å². The maximum Gasteiger partial charge on any atom is 0.321 e. The van der Waals surface area contributed by atoms with Crippen LogP contribution in [0.4, 0.5) is 0 Å². The topological polar surface area (TPSA) is 61.0 Å². The van der Waals surface area contributed by atoms with Crippen molar-refractivity contribution in [2.24, 2.45) is 5.73 Å². The van der Waals surface area contributed by atoms with E-state index in [9.17, 15) is 0 Å². The van der Waals surface area contributed by atoms with Gasteiger partial charge in [0.2, 0.25) is 0 Å². The highest BCUT2D eigenvalue weighted by atomic mass is 79.9. The number of aromatic nitrogens is 2. The SMILES string of the molecule is Cc1cc(Oc2ncc(CN)cn2)ccc1Br. The average Bonchev–Trinajstić information content (AvgIpc) is 2.35. The molecule has 4 nitrogen and oxygen atoms in total. The average molecular weight is 294 g/mol. The highest BCUT2D eigenvalue weighted by molar-refractivity contribution is 9.10. The first kappa shape index (κ1) is 12.0. The number of ether oxygens (including phenoxy) is 1. The first-order chi connectivity index (χ1) is 8.19. The third-order valence-corrected chi connectivity index (χ3v) is 3.15. The summed E-state index contributed by atoms with van der Waals surface area (Å²) in [6, 6.07) is 6.03. The molecule has 0 saturated carbocycles. The summed E-state index contributed by atoms with van der Waals surface area (Å²) in [5.41, 5.74) is 7.44. The third kappa shape index (κ3) is 3.01. The summed E-state index contributed by atoms with van der Waals surface area (Å²) < 4.78 is 6.58. The van der Waals surface area contributed by atoms with Crippen molar-refractivity contribution >= 4 is 15.9 Å². The summed E-state index contributed by atoms with van der Waals surface area (Å²) in [7, 11) is 0. The second kappa shape index (κ2) is 5.25. The Morgan fingerprint density at radius 3 is 2.59 bits per heavy atom. The van der Waals surface area contributed by atoms with Gasteiger partial charge in [0.15, 0.2) is 0 Å². The van der Waals surface area contributed by atoms with Crippen LogP contribution in [0, 0.1) is 6.92 Å². The number of hydrogen-bond acceptors (Lipinski definition) is 4. The van der Waals surface area contributed by atoms with Crippen LogP contribution in [-0.2, 0) is 6.54 Å². The Bertz CT molecular complexity index is 514. The van der Waals surface area contributed by atoms with Gasteiger partial charge in [-0.05, 0) is 30.7 Å². The Labute approximate surface area is 108 Å². The molecule has 0 fully saturated rings. The van der Waals surface area contributed by atoms with E-state index >= 15 is 0 Å². The zero-order valence-corrected chi connectivity index (χ0v) is 10.9. The number of halogens is 1. The highest BCUT2D eigenvalue weighted by Crippen LogP contribution is 2.24. The van der Waals surface area contributed by atoms with Gasteiger partial charge in [0, 0.05) is 29.0 Å². The van der Waals surface area contributed by atoms with Crippen LogP contribution in [0.3, 0.4) is 0 Å². The molecule has 0 saturated heterocycles. The van der Waals surface area contributed by atoms with Crippen LogP contribution >= 0.6 is 15.9 Å². The summed E-state index contributed by atoms with van der Waals surface area (Å²) in [6.07, 6.45) is 3.32. The van der Waals surface area contributed by atoms with Gasteiger partial charge in [0.25, 0.3) is 0 Å². The zero-order valence-electron chi connectivity index (χ0n) is 9.35. The summed E-state index contributed by atoms with van der Waals surface area (Å²) in [6.45, 7) is 2.42. The van der Waals surface area contributed by atoms with E-state index < -0.39 is 0 Å². The normalized spacial score (nSPS) is 10.3. The molecule has 0 atom stereocenters. The molecule has 0 radical (unpaired) electrons. The van der Waals surface area contributed by atoms with Gasteiger partial charge in [-0.1, -0.05) is 15.9 Å². The predicted molar refractivity (Wildman–Crippen MR) is 68.9 cm³/mol. The van der Waals surface area contributed by atoms with Gasteiger partial charge in [-0.2, -0.15) is 0 Å². The quantitative estimate of drug-likeness (QED) is 0.945. The van der Waals surface area contributed by atoms with Gasteiger partial charge in [0.05, 0.1) is 0 Å². The second-order valence-electron chi connectivity index (χ2n) is 3.59. The van der Waals surface area contributed by atoms with Crippen LogP contribution in [0.5, 0.6) is 11.8 Å². The molecule has 1 aromatic carbocycles.